The van der Waals surface area contributed by atoms with Gasteiger partial charge in [-0.2, -0.15) is 9.97 Å². The quantitative estimate of drug-likeness (QED) is 0.508. The molecule has 4 aromatic rings. The number of anilines is 2. The van der Waals surface area contributed by atoms with Gasteiger partial charge in [0.25, 0.3) is 5.91 Å². The molecule has 1 amide bonds. The minimum absolute atomic E-state index is 0.00837. The third-order valence-electron chi connectivity index (χ3n) is 4.70. The van der Waals surface area contributed by atoms with Crippen LogP contribution in [-0.4, -0.2) is 40.1 Å². The van der Waals surface area contributed by atoms with E-state index in [0.29, 0.717) is 22.3 Å². The summed E-state index contributed by atoms with van der Waals surface area (Å²) in [5.74, 6) is -0.820. The summed E-state index contributed by atoms with van der Waals surface area (Å²) in [6.07, 6.45) is 3.05. The molecule has 0 saturated heterocycles. The highest BCUT2D eigenvalue weighted by molar-refractivity contribution is 5.94. The highest BCUT2D eigenvalue weighted by Crippen LogP contribution is 2.29. The lowest BCUT2D eigenvalue weighted by molar-refractivity contribution is 0.0959. The number of aromatic hydroxyl groups is 1. The fourth-order valence-electron chi connectivity index (χ4n) is 3.01. The maximum atomic E-state index is 14.3. The zero-order valence-electron chi connectivity index (χ0n) is 16.7. The first-order valence-electron chi connectivity index (χ1n) is 9.30. The molecule has 31 heavy (non-hydrogen) atoms. The fraction of sp³-hybridized carbons (Fsp3) is 0.0909. The number of carbonyl (C=O) groups is 1. The van der Waals surface area contributed by atoms with E-state index in [4.69, 9.17) is 4.74 Å². The summed E-state index contributed by atoms with van der Waals surface area (Å²) in [5.41, 5.74) is 1.79. The van der Waals surface area contributed by atoms with Gasteiger partial charge in [0.2, 0.25) is 5.88 Å². The summed E-state index contributed by atoms with van der Waals surface area (Å²) in [6.45, 7) is 0. The number of carbonyl (C=O) groups excluding carboxylic acids is 1. The summed E-state index contributed by atoms with van der Waals surface area (Å²) in [6, 6.07) is 13.0. The molecule has 2 aromatic carbocycles. The molecular formula is C22H18FN5O3. The van der Waals surface area contributed by atoms with Gasteiger partial charge in [-0.25, -0.2) is 4.39 Å². The van der Waals surface area contributed by atoms with E-state index in [1.54, 1.807) is 54.5 Å². The molecule has 2 heterocycles. The van der Waals surface area contributed by atoms with Crippen LogP contribution in [0.3, 0.4) is 0 Å². The van der Waals surface area contributed by atoms with Gasteiger partial charge in [0.05, 0.1) is 22.7 Å². The Kier molecular flexibility index (Phi) is 5.31. The number of hydrogen-bond donors (Lipinski definition) is 2. The van der Waals surface area contributed by atoms with Crippen molar-refractivity contribution in [3.63, 3.8) is 0 Å². The first kappa shape index (κ1) is 20.0. The van der Waals surface area contributed by atoms with Crippen molar-refractivity contribution in [3.8, 4) is 17.6 Å². The maximum Gasteiger partial charge on any atom is 0.325 e. The van der Waals surface area contributed by atoms with Crippen LogP contribution in [0.15, 0.2) is 60.9 Å². The Balaban J connectivity index is 1.53. The standard InChI is InChI=1S/C22H18FN5O3/c1-24-20(29)16-8-5-14(11-18(16)23)28(2)13-3-6-15(7-4-13)31-22-26-19-12-25-10-9-17(19)21(30)27-22/h3-12H,1-2H3,(H,24,29)(H,26,27,30). The Hall–Kier alpha value is -4.27. The highest BCUT2D eigenvalue weighted by atomic mass is 19.1. The van der Waals surface area contributed by atoms with Crippen LogP contribution in [0.2, 0.25) is 0 Å². The summed E-state index contributed by atoms with van der Waals surface area (Å²) in [7, 11) is 3.23. The molecule has 2 N–H and O–H groups in total. The molecule has 0 radical (unpaired) electrons. The van der Waals surface area contributed by atoms with Gasteiger partial charge < -0.3 is 20.1 Å². The lowest BCUT2D eigenvalue weighted by Gasteiger charge is -2.20. The summed E-state index contributed by atoms with van der Waals surface area (Å²) < 4.78 is 19.9. The first-order valence-corrected chi connectivity index (χ1v) is 9.30. The second-order valence-corrected chi connectivity index (χ2v) is 6.62. The monoisotopic (exact) mass is 419 g/mol. The van der Waals surface area contributed by atoms with Gasteiger partial charge in [-0.15, -0.1) is 0 Å². The van der Waals surface area contributed by atoms with E-state index in [2.05, 4.69) is 20.3 Å². The van der Waals surface area contributed by atoms with E-state index in [0.717, 1.165) is 5.69 Å². The SMILES string of the molecule is CNC(=O)c1ccc(N(C)c2ccc(Oc3nc(O)c4ccncc4n3)cc2)cc1F. The first-order chi connectivity index (χ1) is 15.0. The largest absolute Gasteiger partial charge is 0.493 e. The summed E-state index contributed by atoms with van der Waals surface area (Å²) >= 11 is 0. The lowest BCUT2D eigenvalue weighted by Crippen LogP contribution is -2.19. The number of hydrogen-bond acceptors (Lipinski definition) is 7. The van der Waals surface area contributed by atoms with E-state index in [-0.39, 0.29) is 17.5 Å². The summed E-state index contributed by atoms with van der Waals surface area (Å²) in [5, 5.41) is 12.9. The number of fused-ring (bicyclic) bond motifs is 1. The zero-order valence-corrected chi connectivity index (χ0v) is 16.7. The van der Waals surface area contributed by atoms with Crippen LogP contribution >= 0.6 is 0 Å². The van der Waals surface area contributed by atoms with Crippen LogP contribution in [0.5, 0.6) is 17.6 Å². The molecule has 0 aliphatic heterocycles. The minimum Gasteiger partial charge on any atom is -0.493 e. The van der Waals surface area contributed by atoms with Crippen LogP contribution in [0.4, 0.5) is 15.8 Å². The third-order valence-corrected chi connectivity index (χ3v) is 4.70. The van der Waals surface area contributed by atoms with Gasteiger partial charge in [-0.05, 0) is 48.5 Å². The van der Waals surface area contributed by atoms with Crippen LogP contribution < -0.4 is 15.0 Å². The Morgan fingerprint density at radius 2 is 1.84 bits per heavy atom. The molecule has 2 aromatic heterocycles. The number of ether oxygens (including phenoxy) is 1. The maximum absolute atomic E-state index is 14.3. The predicted molar refractivity (Wildman–Crippen MR) is 113 cm³/mol. The molecule has 0 aliphatic carbocycles. The zero-order chi connectivity index (χ0) is 22.0. The second-order valence-electron chi connectivity index (χ2n) is 6.62. The number of aromatic nitrogens is 3. The molecule has 0 fully saturated rings. The van der Waals surface area contributed by atoms with Crippen molar-refractivity contribution in [1.82, 2.24) is 20.3 Å². The normalized spacial score (nSPS) is 10.7. The topological polar surface area (TPSA) is 100 Å². The van der Waals surface area contributed by atoms with Gasteiger partial charge in [-0.1, -0.05) is 0 Å². The molecule has 0 saturated carbocycles. The van der Waals surface area contributed by atoms with Gasteiger partial charge in [0.1, 0.15) is 11.6 Å². The van der Waals surface area contributed by atoms with Gasteiger partial charge in [-0.3, -0.25) is 9.78 Å². The van der Waals surface area contributed by atoms with Crippen molar-refractivity contribution in [1.29, 1.82) is 0 Å². The molecule has 0 atom stereocenters. The molecule has 8 nitrogen and oxygen atoms in total. The molecule has 0 bridgehead atoms. The van der Waals surface area contributed by atoms with Gasteiger partial charge >= 0.3 is 6.01 Å². The molecular weight excluding hydrogens is 401 g/mol. The van der Waals surface area contributed by atoms with Crippen LogP contribution in [-0.2, 0) is 0 Å². The van der Waals surface area contributed by atoms with Crippen LogP contribution in [0.25, 0.3) is 10.9 Å². The second kappa shape index (κ2) is 8.23. The smallest absolute Gasteiger partial charge is 0.325 e. The minimum atomic E-state index is -0.605. The number of pyridine rings is 1. The average Bonchev–Trinajstić information content (AvgIpc) is 2.78. The Morgan fingerprint density at radius 3 is 2.55 bits per heavy atom. The van der Waals surface area contributed by atoms with Crippen LogP contribution in [0, 0.1) is 5.82 Å². The molecule has 0 spiro atoms. The number of amides is 1. The van der Waals surface area contributed by atoms with E-state index in [9.17, 15) is 14.3 Å². The molecule has 0 unspecified atom stereocenters. The number of benzene rings is 2. The van der Waals surface area contributed by atoms with Gasteiger partial charge in [0.15, 0.2) is 0 Å². The molecule has 0 aliphatic rings. The van der Waals surface area contributed by atoms with E-state index >= 15 is 0 Å². The van der Waals surface area contributed by atoms with Crippen molar-refractivity contribution in [2.75, 3.05) is 19.0 Å². The average molecular weight is 419 g/mol. The lowest BCUT2D eigenvalue weighted by atomic mass is 10.1. The number of rotatable bonds is 5. The molecule has 9 heteroatoms. The van der Waals surface area contributed by atoms with E-state index < -0.39 is 11.7 Å². The predicted octanol–water partition coefficient (Wildman–Crippen LogP) is 3.79. The van der Waals surface area contributed by atoms with Crippen molar-refractivity contribution >= 4 is 28.2 Å². The number of nitrogens with zero attached hydrogens (tertiary/aromatic N) is 4. The highest BCUT2D eigenvalue weighted by Gasteiger charge is 2.13. The van der Waals surface area contributed by atoms with Crippen molar-refractivity contribution in [3.05, 3.63) is 72.3 Å². The Morgan fingerprint density at radius 1 is 1.10 bits per heavy atom. The third kappa shape index (κ3) is 4.06. The van der Waals surface area contributed by atoms with Crippen molar-refractivity contribution in [2.24, 2.45) is 0 Å². The van der Waals surface area contributed by atoms with Crippen molar-refractivity contribution < 1.29 is 19.0 Å². The van der Waals surface area contributed by atoms with Crippen molar-refractivity contribution in [2.45, 2.75) is 0 Å². The van der Waals surface area contributed by atoms with E-state index in [1.165, 1.54) is 25.4 Å². The number of nitrogens with one attached hydrogen (secondary N) is 1. The van der Waals surface area contributed by atoms with Crippen LogP contribution in [0.1, 0.15) is 10.4 Å². The Labute approximate surface area is 177 Å². The summed E-state index contributed by atoms with van der Waals surface area (Å²) in [4.78, 5) is 25.6. The fourth-order valence-corrected chi connectivity index (χ4v) is 3.01. The molecule has 156 valence electrons. The van der Waals surface area contributed by atoms with Gasteiger partial charge in [0, 0.05) is 31.7 Å². The number of halogens is 1. The van der Waals surface area contributed by atoms with E-state index in [1.807, 2.05) is 0 Å². The molecule has 4 rings (SSSR count). The Bertz CT molecular complexity index is 1260.